The van der Waals surface area contributed by atoms with Gasteiger partial charge in [0.1, 0.15) is 29.8 Å². The molecule has 0 radical (unpaired) electrons. The Kier molecular flexibility index (Phi) is 3.83. The largest absolute Gasteiger partial charge is 0.394 e. The number of hydrogen-bond donors (Lipinski definition) is 4. The number of ether oxygens (including phenoxy) is 1. The van der Waals surface area contributed by atoms with Gasteiger partial charge in [0, 0.05) is 12.4 Å². The van der Waals surface area contributed by atoms with E-state index in [0.29, 0.717) is 18.2 Å². The minimum atomic E-state index is -1.14. The number of aromatic nitrogens is 4. The van der Waals surface area contributed by atoms with Crippen LogP contribution in [-0.2, 0) is 11.4 Å². The summed E-state index contributed by atoms with van der Waals surface area (Å²) >= 11 is 0. The Balaban J connectivity index is 0.00000144. The summed E-state index contributed by atoms with van der Waals surface area (Å²) in [5.41, 5.74) is 0.656. The Morgan fingerprint density at radius 3 is 2.86 bits per heavy atom. The number of nitrogens with one attached hydrogen (secondary N) is 1. The smallest absolute Gasteiger partial charge is 0.165 e. The van der Waals surface area contributed by atoms with Gasteiger partial charge in [-0.2, -0.15) is 0 Å². The van der Waals surface area contributed by atoms with E-state index < -0.39 is 24.5 Å². The summed E-state index contributed by atoms with van der Waals surface area (Å²) in [4.78, 5) is 8.56. The normalized spacial score (nSPS) is 29.4. The van der Waals surface area contributed by atoms with Crippen LogP contribution >= 0.6 is 12.4 Å². The zero-order chi connectivity index (χ0) is 14.6. The predicted octanol–water partition coefficient (Wildman–Crippen LogP) is -0.837. The van der Waals surface area contributed by atoms with Crippen molar-refractivity contribution in [2.75, 3.05) is 11.9 Å². The summed E-state index contributed by atoms with van der Waals surface area (Å²) in [5, 5.41) is 32.3. The lowest BCUT2D eigenvalue weighted by atomic mass is 10.1. The molecule has 2 aliphatic heterocycles. The van der Waals surface area contributed by atoms with Gasteiger partial charge in [0.2, 0.25) is 0 Å². The number of aliphatic hydroxyl groups excluding tert-OH is 3. The van der Waals surface area contributed by atoms with Crippen LogP contribution < -0.4 is 5.32 Å². The Morgan fingerprint density at radius 1 is 1.32 bits per heavy atom. The van der Waals surface area contributed by atoms with Crippen molar-refractivity contribution in [1.82, 2.24) is 19.1 Å². The highest BCUT2D eigenvalue weighted by atomic mass is 35.5. The minimum absolute atomic E-state index is 0. The number of aliphatic hydroxyl groups is 3. The first-order chi connectivity index (χ1) is 10.2. The van der Waals surface area contributed by atoms with Gasteiger partial charge in [-0.1, -0.05) is 0 Å². The van der Waals surface area contributed by atoms with Crippen LogP contribution in [-0.4, -0.2) is 59.3 Å². The number of halogens is 1. The van der Waals surface area contributed by atoms with Gasteiger partial charge in [0.15, 0.2) is 12.1 Å². The van der Waals surface area contributed by atoms with E-state index >= 15 is 0 Å². The van der Waals surface area contributed by atoms with Crippen molar-refractivity contribution in [3.8, 4) is 11.5 Å². The molecule has 2 aromatic rings. The van der Waals surface area contributed by atoms with E-state index in [-0.39, 0.29) is 19.0 Å². The summed E-state index contributed by atoms with van der Waals surface area (Å²) < 4.78 is 9.06. The lowest BCUT2D eigenvalue weighted by Crippen LogP contribution is -2.33. The number of hydrogen-bond acceptors (Lipinski definition) is 7. The monoisotopic (exact) mass is 329 g/mol. The fraction of sp³-hybridized carbons (Fsp3) is 0.500. The van der Waals surface area contributed by atoms with Gasteiger partial charge in [-0.05, 0) is 0 Å². The van der Waals surface area contributed by atoms with Crippen molar-refractivity contribution in [3.05, 3.63) is 18.7 Å². The summed E-state index contributed by atoms with van der Waals surface area (Å²) in [6.45, 7) is 0.173. The molecule has 0 spiro atoms. The molecular weight excluding hydrogens is 314 g/mol. The highest BCUT2D eigenvalue weighted by Gasteiger charge is 2.44. The van der Waals surface area contributed by atoms with E-state index in [9.17, 15) is 10.2 Å². The average Bonchev–Trinajstić information content (AvgIpc) is 3.17. The molecule has 0 unspecified atom stereocenters. The van der Waals surface area contributed by atoms with E-state index in [0.717, 1.165) is 5.82 Å². The lowest BCUT2D eigenvalue weighted by molar-refractivity contribution is -0.0519. The van der Waals surface area contributed by atoms with Gasteiger partial charge < -0.3 is 29.9 Å². The molecule has 1 fully saturated rings. The molecule has 9 nitrogen and oxygen atoms in total. The van der Waals surface area contributed by atoms with E-state index in [1.807, 2.05) is 10.8 Å². The fourth-order valence-corrected chi connectivity index (χ4v) is 2.82. The molecule has 0 bridgehead atoms. The lowest BCUT2D eigenvalue weighted by Gasteiger charge is -2.22. The standard InChI is InChI=1S/C12H15N5O4.ClH/c18-3-6-8(19)9(20)12(21-6)17-5-14-7-10-13-1-2-16(10)4-15-11(7)17;/h1-2,5-6,8-9,12,15,18-20H,3-4H2;1H/t6-,8-,9-,12-;/m1./s1. The van der Waals surface area contributed by atoms with Crippen molar-refractivity contribution in [3.63, 3.8) is 0 Å². The molecule has 0 aliphatic carbocycles. The van der Waals surface area contributed by atoms with E-state index in [1.54, 1.807) is 10.8 Å². The summed E-state index contributed by atoms with van der Waals surface area (Å²) in [6.07, 6.45) is 1.18. The van der Waals surface area contributed by atoms with Crippen LogP contribution in [0.4, 0.5) is 5.82 Å². The molecule has 0 saturated carbocycles. The fourth-order valence-electron chi connectivity index (χ4n) is 2.82. The summed E-state index contributed by atoms with van der Waals surface area (Å²) in [7, 11) is 0. The van der Waals surface area contributed by atoms with Crippen molar-refractivity contribution in [2.45, 2.75) is 31.2 Å². The highest BCUT2D eigenvalue weighted by molar-refractivity contribution is 5.85. The van der Waals surface area contributed by atoms with E-state index in [2.05, 4.69) is 15.3 Å². The molecule has 22 heavy (non-hydrogen) atoms. The first kappa shape index (κ1) is 15.3. The number of nitrogens with zero attached hydrogens (tertiary/aromatic N) is 4. The maximum Gasteiger partial charge on any atom is 0.165 e. The second-order valence-electron chi connectivity index (χ2n) is 5.13. The third kappa shape index (κ3) is 2.02. The molecule has 10 heteroatoms. The molecule has 0 aromatic carbocycles. The van der Waals surface area contributed by atoms with Crippen molar-refractivity contribution < 1.29 is 20.1 Å². The third-order valence-corrected chi connectivity index (χ3v) is 3.93. The van der Waals surface area contributed by atoms with Crippen molar-refractivity contribution >= 4 is 18.2 Å². The molecule has 120 valence electrons. The zero-order valence-electron chi connectivity index (χ0n) is 11.4. The highest BCUT2D eigenvalue weighted by Crippen LogP contribution is 2.36. The van der Waals surface area contributed by atoms with Crippen LogP contribution in [0.3, 0.4) is 0 Å². The van der Waals surface area contributed by atoms with Crippen LogP contribution in [0.2, 0.25) is 0 Å². The number of imidazole rings is 2. The van der Waals surface area contributed by atoms with Crippen LogP contribution in [0.5, 0.6) is 0 Å². The average molecular weight is 330 g/mol. The molecule has 2 aromatic heterocycles. The Morgan fingerprint density at radius 2 is 2.14 bits per heavy atom. The molecule has 4 heterocycles. The van der Waals surface area contributed by atoms with Gasteiger partial charge in [0.05, 0.1) is 19.6 Å². The minimum Gasteiger partial charge on any atom is -0.394 e. The van der Waals surface area contributed by atoms with E-state index in [4.69, 9.17) is 9.84 Å². The number of anilines is 1. The van der Waals surface area contributed by atoms with Crippen LogP contribution in [0.1, 0.15) is 6.23 Å². The van der Waals surface area contributed by atoms with E-state index in [1.165, 1.54) is 6.33 Å². The van der Waals surface area contributed by atoms with Crippen LogP contribution in [0.25, 0.3) is 11.5 Å². The molecule has 4 atom stereocenters. The summed E-state index contributed by atoms with van der Waals surface area (Å²) in [5.74, 6) is 1.40. The SMILES string of the molecule is Cl.OC[C@H]1O[C@@H](n2cnc3c2NCn2ccnc2-3)[C@H](O)[C@@H]1O. The molecule has 0 amide bonds. The van der Waals surface area contributed by atoms with Gasteiger partial charge in [-0.15, -0.1) is 12.4 Å². The maximum absolute atomic E-state index is 10.1. The zero-order valence-corrected chi connectivity index (χ0v) is 12.2. The summed E-state index contributed by atoms with van der Waals surface area (Å²) in [6, 6.07) is 0. The molecule has 2 aliphatic rings. The Bertz CT molecular complexity index is 674. The number of rotatable bonds is 2. The predicted molar refractivity (Wildman–Crippen MR) is 77.3 cm³/mol. The maximum atomic E-state index is 10.1. The first-order valence-electron chi connectivity index (χ1n) is 6.65. The van der Waals surface area contributed by atoms with Gasteiger partial charge in [0.25, 0.3) is 0 Å². The topological polar surface area (TPSA) is 118 Å². The molecular formula is C12H16ClN5O4. The third-order valence-electron chi connectivity index (χ3n) is 3.93. The molecule has 1 saturated heterocycles. The molecule has 4 N–H and O–H groups in total. The first-order valence-corrected chi connectivity index (χ1v) is 6.65. The quantitative estimate of drug-likeness (QED) is 0.567. The van der Waals surface area contributed by atoms with Crippen LogP contribution in [0.15, 0.2) is 18.7 Å². The van der Waals surface area contributed by atoms with Crippen LogP contribution in [0, 0.1) is 0 Å². The van der Waals surface area contributed by atoms with Crippen molar-refractivity contribution in [2.24, 2.45) is 0 Å². The second-order valence-corrected chi connectivity index (χ2v) is 5.13. The second kappa shape index (κ2) is 5.52. The molecule has 4 rings (SSSR count). The van der Waals surface area contributed by atoms with Gasteiger partial charge in [-0.3, -0.25) is 4.57 Å². The Hall–Kier alpha value is -1.65. The van der Waals surface area contributed by atoms with Gasteiger partial charge >= 0.3 is 0 Å². The Labute approximate surface area is 131 Å². The van der Waals surface area contributed by atoms with Crippen molar-refractivity contribution in [1.29, 1.82) is 0 Å². The number of fused-ring (bicyclic) bond motifs is 3. The van der Waals surface area contributed by atoms with Gasteiger partial charge in [-0.25, -0.2) is 9.97 Å².